The molecule has 1 unspecified atom stereocenters. The molecule has 1 heterocycles. The van der Waals surface area contributed by atoms with Crippen LogP contribution in [-0.2, 0) is 9.59 Å². The lowest BCUT2D eigenvalue weighted by Gasteiger charge is -2.23. The van der Waals surface area contributed by atoms with E-state index in [0.717, 1.165) is 18.0 Å². The molecule has 3 fully saturated rings. The molecule has 19 heavy (non-hydrogen) atoms. The normalized spacial score (nSPS) is 43.6. The zero-order chi connectivity index (χ0) is 13.8. The summed E-state index contributed by atoms with van der Waals surface area (Å²) in [5.74, 6) is 1.39. The zero-order valence-corrected chi connectivity index (χ0v) is 12.4. The number of nitrogens with one attached hydrogen (secondary N) is 1. The van der Waals surface area contributed by atoms with Gasteiger partial charge in [-0.2, -0.15) is 0 Å². The lowest BCUT2D eigenvalue weighted by molar-refractivity contribution is -0.122. The molecule has 2 saturated carbocycles. The van der Waals surface area contributed by atoms with Crippen LogP contribution < -0.4 is 5.32 Å². The summed E-state index contributed by atoms with van der Waals surface area (Å²) in [7, 11) is 0. The average molecular weight is 280 g/mol. The number of fused-ring (bicyclic) bond motifs is 2. The van der Waals surface area contributed by atoms with Crippen molar-refractivity contribution in [1.29, 1.82) is 0 Å². The van der Waals surface area contributed by atoms with E-state index in [4.69, 9.17) is 4.99 Å². The number of carbonyl (C=O) groups excluding carboxylic acids is 2. The molecule has 2 aliphatic carbocycles. The predicted octanol–water partition coefficient (Wildman–Crippen LogP) is 1.99. The molecule has 5 heteroatoms. The van der Waals surface area contributed by atoms with Crippen molar-refractivity contribution in [2.24, 2.45) is 22.7 Å². The molecule has 1 aliphatic heterocycles. The summed E-state index contributed by atoms with van der Waals surface area (Å²) in [6.45, 7) is 6.10. The van der Waals surface area contributed by atoms with Crippen LogP contribution in [0.25, 0.3) is 0 Å². The topological polar surface area (TPSA) is 58.5 Å². The van der Waals surface area contributed by atoms with Gasteiger partial charge in [-0.25, -0.2) is 0 Å². The van der Waals surface area contributed by atoms with Crippen LogP contribution >= 0.6 is 11.8 Å². The maximum Gasteiger partial charge on any atom is 0.242 e. The molecule has 4 nitrogen and oxygen atoms in total. The van der Waals surface area contributed by atoms with E-state index in [1.54, 1.807) is 11.8 Å². The first-order valence-corrected chi connectivity index (χ1v) is 7.82. The average Bonchev–Trinajstić information content (AvgIpc) is 2.94. The van der Waals surface area contributed by atoms with Gasteiger partial charge in [0.2, 0.25) is 5.91 Å². The minimum absolute atomic E-state index is 0.0606. The van der Waals surface area contributed by atoms with Crippen molar-refractivity contribution in [3.8, 4) is 0 Å². The molecule has 1 N–H and O–H groups in total. The van der Waals surface area contributed by atoms with Gasteiger partial charge >= 0.3 is 0 Å². The molecular weight excluding hydrogens is 260 g/mol. The molecule has 4 atom stereocenters. The Morgan fingerprint density at radius 1 is 1.37 bits per heavy atom. The van der Waals surface area contributed by atoms with Gasteiger partial charge in [0.15, 0.2) is 5.17 Å². The van der Waals surface area contributed by atoms with E-state index in [2.05, 4.69) is 19.2 Å². The van der Waals surface area contributed by atoms with Crippen LogP contribution in [0.3, 0.4) is 0 Å². The van der Waals surface area contributed by atoms with Gasteiger partial charge in [0.25, 0.3) is 0 Å². The third-order valence-electron chi connectivity index (χ3n) is 4.94. The highest BCUT2D eigenvalue weighted by Crippen LogP contribution is 2.45. The van der Waals surface area contributed by atoms with Crippen LogP contribution in [0, 0.1) is 17.8 Å². The van der Waals surface area contributed by atoms with E-state index in [-0.39, 0.29) is 23.8 Å². The smallest absolute Gasteiger partial charge is 0.242 e. The second-order valence-corrected chi connectivity index (χ2v) is 7.86. The lowest BCUT2D eigenvalue weighted by atomic mass is 9.95. The Hall–Kier alpha value is -0.840. The molecule has 2 bridgehead atoms. The van der Waals surface area contributed by atoms with E-state index in [1.807, 2.05) is 6.92 Å². The zero-order valence-electron chi connectivity index (χ0n) is 11.6. The SMILES string of the molecule is CC(C)C1(C)SC(=N[C@H]2C[C@@H]3C[C@@H]2CC3=O)NC1=O. The number of carbonyl (C=O) groups is 2. The summed E-state index contributed by atoms with van der Waals surface area (Å²) in [5.41, 5.74) is 0. The van der Waals surface area contributed by atoms with E-state index < -0.39 is 4.75 Å². The number of amides is 1. The van der Waals surface area contributed by atoms with E-state index in [1.165, 1.54) is 0 Å². The first-order valence-electron chi connectivity index (χ1n) is 7.01. The molecule has 0 aromatic rings. The van der Waals surface area contributed by atoms with Crippen LogP contribution in [0.15, 0.2) is 4.99 Å². The number of ketones is 1. The summed E-state index contributed by atoms with van der Waals surface area (Å²) < 4.78 is -0.410. The maximum absolute atomic E-state index is 12.1. The number of rotatable bonds is 2. The number of thioether (sulfide) groups is 1. The van der Waals surface area contributed by atoms with E-state index in [0.29, 0.717) is 18.1 Å². The maximum atomic E-state index is 12.1. The van der Waals surface area contributed by atoms with Crippen molar-refractivity contribution in [3.63, 3.8) is 0 Å². The second kappa shape index (κ2) is 4.33. The predicted molar refractivity (Wildman–Crippen MR) is 76.0 cm³/mol. The minimum atomic E-state index is -0.410. The van der Waals surface area contributed by atoms with Gasteiger partial charge in [0.1, 0.15) is 10.5 Å². The fourth-order valence-corrected chi connectivity index (χ4v) is 4.36. The lowest BCUT2D eigenvalue weighted by Crippen LogP contribution is -2.38. The fourth-order valence-electron chi connectivity index (χ4n) is 3.25. The van der Waals surface area contributed by atoms with Crippen molar-refractivity contribution in [3.05, 3.63) is 0 Å². The molecule has 0 spiro atoms. The van der Waals surface area contributed by atoms with Crippen LogP contribution in [0.2, 0.25) is 0 Å². The Morgan fingerprint density at radius 3 is 2.58 bits per heavy atom. The number of amidine groups is 1. The van der Waals surface area contributed by atoms with Gasteiger partial charge in [0.05, 0.1) is 6.04 Å². The number of hydrogen-bond donors (Lipinski definition) is 1. The Balaban J connectivity index is 1.74. The molecule has 1 saturated heterocycles. The molecule has 3 rings (SSSR count). The summed E-state index contributed by atoms with van der Waals surface area (Å²) in [5, 5.41) is 3.67. The Labute approximate surface area is 117 Å². The summed E-state index contributed by atoms with van der Waals surface area (Å²) in [4.78, 5) is 28.3. The van der Waals surface area contributed by atoms with Crippen molar-refractivity contribution in [2.75, 3.05) is 0 Å². The summed E-state index contributed by atoms with van der Waals surface area (Å²) >= 11 is 1.55. The second-order valence-electron chi connectivity index (χ2n) is 6.42. The van der Waals surface area contributed by atoms with Crippen LogP contribution in [0.4, 0.5) is 0 Å². The number of hydrogen-bond acceptors (Lipinski definition) is 4. The first-order chi connectivity index (χ1) is 8.90. The number of Topliss-reactive ketones (excluding diaryl/α,β-unsaturated/α-hetero) is 1. The van der Waals surface area contributed by atoms with Crippen molar-refractivity contribution >= 4 is 28.6 Å². The molecule has 0 aromatic carbocycles. The van der Waals surface area contributed by atoms with Gasteiger partial charge in [-0.05, 0) is 31.6 Å². The van der Waals surface area contributed by atoms with Gasteiger partial charge in [-0.1, -0.05) is 25.6 Å². The quantitative estimate of drug-likeness (QED) is 0.841. The van der Waals surface area contributed by atoms with Crippen LogP contribution in [-0.4, -0.2) is 27.6 Å². The van der Waals surface area contributed by atoms with Crippen LogP contribution in [0.1, 0.15) is 40.0 Å². The minimum Gasteiger partial charge on any atom is -0.304 e. The van der Waals surface area contributed by atoms with Crippen molar-refractivity contribution in [1.82, 2.24) is 5.32 Å². The molecule has 1 amide bonds. The highest BCUT2D eigenvalue weighted by molar-refractivity contribution is 8.16. The summed E-state index contributed by atoms with van der Waals surface area (Å²) in [6.07, 6.45) is 2.56. The van der Waals surface area contributed by atoms with Crippen molar-refractivity contribution in [2.45, 2.75) is 50.8 Å². The number of nitrogens with zero attached hydrogens (tertiary/aromatic N) is 1. The highest BCUT2D eigenvalue weighted by Gasteiger charge is 2.48. The first kappa shape index (κ1) is 13.2. The highest BCUT2D eigenvalue weighted by atomic mass is 32.2. The van der Waals surface area contributed by atoms with Crippen molar-refractivity contribution < 1.29 is 9.59 Å². The van der Waals surface area contributed by atoms with Gasteiger partial charge in [0, 0.05) is 12.3 Å². The third kappa shape index (κ3) is 2.02. The molecule has 0 radical (unpaired) electrons. The Bertz CT molecular complexity index is 474. The molecular formula is C14H20N2O2S. The Kier molecular flexibility index (Phi) is 3.00. The van der Waals surface area contributed by atoms with Crippen LogP contribution in [0.5, 0.6) is 0 Å². The monoisotopic (exact) mass is 280 g/mol. The standard InChI is InChI=1S/C14H20N2O2S/c1-7(2)14(3)12(18)16-13(19-14)15-10-5-9-4-8(10)6-11(9)17/h7-10H,4-6H2,1-3H3,(H,15,16,18)/t8-,9+,10+,14?/m1/s1. The van der Waals surface area contributed by atoms with Gasteiger partial charge in [-0.15, -0.1) is 0 Å². The third-order valence-corrected chi connectivity index (χ3v) is 6.42. The van der Waals surface area contributed by atoms with Gasteiger partial charge < -0.3 is 5.32 Å². The van der Waals surface area contributed by atoms with E-state index >= 15 is 0 Å². The molecule has 3 aliphatic rings. The van der Waals surface area contributed by atoms with E-state index in [9.17, 15) is 9.59 Å². The fraction of sp³-hybridized carbons (Fsp3) is 0.786. The van der Waals surface area contributed by atoms with Gasteiger partial charge in [-0.3, -0.25) is 14.6 Å². The molecule has 104 valence electrons. The Morgan fingerprint density at radius 2 is 2.11 bits per heavy atom. The largest absolute Gasteiger partial charge is 0.304 e. The number of aliphatic imine (C=N–C) groups is 1. The molecule has 0 aromatic heterocycles. The summed E-state index contributed by atoms with van der Waals surface area (Å²) in [6, 6.07) is 0.236.